The van der Waals surface area contributed by atoms with E-state index >= 15 is 0 Å². The van der Waals surface area contributed by atoms with Crippen molar-refractivity contribution in [2.45, 2.75) is 258 Å². The standard InChI is InChI=1S/C45H91NO5/c1-5-8-11-14-17-26-33-40-50-44(48)36-29-22-18-24-31-38-46(41-42(4)47)39-32-25-19-23-30-37-45(49)51-43(34-27-20-15-12-9-6-2)35-28-21-16-13-10-7-3/h42-43,45,47,49H,5-41H2,1-4H3/t42-,45?/m1/s1. The molecule has 0 aliphatic heterocycles. The molecule has 0 radical (unpaired) electrons. The molecule has 0 aromatic carbocycles. The molecule has 0 aliphatic carbocycles. The molecule has 0 heterocycles. The maximum atomic E-state index is 12.0. The van der Waals surface area contributed by atoms with Gasteiger partial charge in [-0.25, -0.2) is 0 Å². The van der Waals surface area contributed by atoms with Crippen molar-refractivity contribution in [2.75, 3.05) is 26.2 Å². The van der Waals surface area contributed by atoms with Gasteiger partial charge in [0, 0.05) is 13.0 Å². The number of carbonyl (C=O) groups excluding carboxylic acids is 1. The summed E-state index contributed by atoms with van der Waals surface area (Å²) in [5, 5.41) is 20.7. The number of aliphatic hydroxyl groups is 2. The number of ether oxygens (including phenoxy) is 2. The average Bonchev–Trinajstić information content (AvgIpc) is 3.10. The van der Waals surface area contributed by atoms with Crippen molar-refractivity contribution in [3.05, 3.63) is 0 Å². The molecule has 0 amide bonds. The fourth-order valence-corrected chi connectivity index (χ4v) is 7.18. The smallest absolute Gasteiger partial charge is 0.305 e. The summed E-state index contributed by atoms with van der Waals surface area (Å²) >= 11 is 0. The van der Waals surface area contributed by atoms with Gasteiger partial charge in [0.15, 0.2) is 6.29 Å². The highest BCUT2D eigenvalue weighted by Gasteiger charge is 2.15. The molecule has 0 bridgehead atoms. The topological polar surface area (TPSA) is 79.2 Å². The van der Waals surface area contributed by atoms with E-state index in [1.54, 1.807) is 0 Å². The number of aliphatic hydroxyl groups excluding tert-OH is 2. The summed E-state index contributed by atoms with van der Waals surface area (Å²) in [5.74, 6) is -0.0279. The Bertz CT molecular complexity index is 674. The van der Waals surface area contributed by atoms with E-state index < -0.39 is 6.29 Å². The third kappa shape index (κ3) is 38.8. The van der Waals surface area contributed by atoms with E-state index in [4.69, 9.17) is 9.47 Å². The molecule has 0 rings (SSSR count). The van der Waals surface area contributed by atoms with Gasteiger partial charge in [0.2, 0.25) is 0 Å². The zero-order chi connectivity index (χ0) is 37.5. The quantitative estimate of drug-likeness (QED) is 0.0370. The highest BCUT2D eigenvalue weighted by molar-refractivity contribution is 5.69. The minimum Gasteiger partial charge on any atom is -0.466 e. The number of hydrogen-bond donors (Lipinski definition) is 2. The first kappa shape index (κ1) is 50.3. The number of nitrogens with zero attached hydrogens (tertiary/aromatic N) is 1. The number of carbonyl (C=O) groups is 1. The minimum absolute atomic E-state index is 0.0279. The molecule has 1 unspecified atom stereocenters. The molecular formula is C45H91NO5. The van der Waals surface area contributed by atoms with Gasteiger partial charge in [0.05, 0.1) is 18.8 Å². The predicted molar refractivity (Wildman–Crippen MR) is 219 cm³/mol. The normalized spacial score (nSPS) is 13.0. The summed E-state index contributed by atoms with van der Waals surface area (Å²) in [6.45, 7) is 12.1. The molecule has 6 nitrogen and oxygen atoms in total. The Labute approximate surface area is 319 Å². The first-order chi connectivity index (χ1) is 24.9. The van der Waals surface area contributed by atoms with E-state index in [-0.39, 0.29) is 18.2 Å². The molecule has 0 aromatic rings. The van der Waals surface area contributed by atoms with E-state index in [2.05, 4.69) is 25.7 Å². The Morgan fingerprint density at radius 3 is 1.37 bits per heavy atom. The van der Waals surface area contributed by atoms with Crippen LogP contribution in [0.1, 0.15) is 240 Å². The lowest BCUT2D eigenvalue weighted by atomic mass is 10.0. The SMILES string of the molecule is CCCCCCCCCOC(=O)CCCCCCCN(CCCCCCCC(O)OC(CCCCCCCC)CCCCCCCC)C[C@@H](C)O. The third-order valence-electron chi connectivity index (χ3n) is 10.4. The van der Waals surface area contributed by atoms with Crippen LogP contribution in [0.15, 0.2) is 0 Å². The summed E-state index contributed by atoms with van der Waals surface area (Å²) in [6, 6.07) is 0. The molecule has 306 valence electrons. The lowest BCUT2D eigenvalue weighted by Crippen LogP contribution is -2.32. The lowest BCUT2D eigenvalue weighted by Gasteiger charge is -2.24. The van der Waals surface area contributed by atoms with Crippen LogP contribution in [-0.4, -0.2) is 65.8 Å². The van der Waals surface area contributed by atoms with Crippen LogP contribution in [0.4, 0.5) is 0 Å². The van der Waals surface area contributed by atoms with E-state index in [1.165, 1.54) is 135 Å². The zero-order valence-electron chi connectivity index (χ0n) is 35.0. The van der Waals surface area contributed by atoms with Crippen LogP contribution in [0.5, 0.6) is 0 Å². The van der Waals surface area contributed by atoms with Crippen LogP contribution in [0, 0.1) is 0 Å². The van der Waals surface area contributed by atoms with Crippen LogP contribution in [-0.2, 0) is 14.3 Å². The van der Waals surface area contributed by atoms with Crippen molar-refractivity contribution >= 4 is 5.97 Å². The molecular weight excluding hydrogens is 634 g/mol. The van der Waals surface area contributed by atoms with Gasteiger partial charge in [-0.2, -0.15) is 0 Å². The molecule has 0 fully saturated rings. The third-order valence-corrected chi connectivity index (χ3v) is 10.4. The molecule has 0 spiro atoms. The van der Waals surface area contributed by atoms with Crippen molar-refractivity contribution in [3.8, 4) is 0 Å². The zero-order valence-corrected chi connectivity index (χ0v) is 35.0. The van der Waals surface area contributed by atoms with Gasteiger partial charge in [-0.05, 0) is 71.4 Å². The van der Waals surface area contributed by atoms with Gasteiger partial charge in [0.25, 0.3) is 0 Å². The molecule has 0 aliphatic rings. The number of esters is 1. The van der Waals surface area contributed by atoms with Crippen LogP contribution < -0.4 is 0 Å². The monoisotopic (exact) mass is 726 g/mol. The molecule has 6 heteroatoms. The summed E-state index contributed by atoms with van der Waals surface area (Å²) < 4.78 is 11.6. The van der Waals surface area contributed by atoms with Crippen molar-refractivity contribution in [1.82, 2.24) is 4.90 Å². The molecule has 0 saturated heterocycles. The Morgan fingerprint density at radius 1 is 0.510 bits per heavy atom. The van der Waals surface area contributed by atoms with E-state index in [1.807, 2.05) is 6.92 Å². The Kier molecular flexibility index (Phi) is 39.9. The molecule has 0 aromatic heterocycles. The molecule has 2 atom stereocenters. The summed E-state index contributed by atoms with van der Waals surface area (Å²) in [6.07, 6.45) is 38.3. The van der Waals surface area contributed by atoms with Gasteiger partial charge >= 0.3 is 5.97 Å². The Balaban J connectivity index is 4.03. The second-order valence-electron chi connectivity index (χ2n) is 15.9. The van der Waals surface area contributed by atoms with Crippen molar-refractivity contribution in [3.63, 3.8) is 0 Å². The van der Waals surface area contributed by atoms with Gasteiger partial charge in [-0.15, -0.1) is 0 Å². The summed E-state index contributed by atoms with van der Waals surface area (Å²) in [7, 11) is 0. The second kappa shape index (κ2) is 40.5. The number of hydrogen-bond acceptors (Lipinski definition) is 6. The Morgan fingerprint density at radius 2 is 0.902 bits per heavy atom. The first-order valence-electron chi connectivity index (χ1n) is 22.8. The molecule has 2 N–H and O–H groups in total. The largest absolute Gasteiger partial charge is 0.466 e. The van der Waals surface area contributed by atoms with Gasteiger partial charge in [-0.3, -0.25) is 4.79 Å². The van der Waals surface area contributed by atoms with Gasteiger partial charge < -0.3 is 24.6 Å². The number of rotatable bonds is 42. The predicted octanol–water partition coefficient (Wildman–Crippen LogP) is 12.8. The maximum absolute atomic E-state index is 12.0. The first-order valence-corrected chi connectivity index (χ1v) is 22.8. The van der Waals surface area contributed by atoms with Crippen molar-refractivity contribution in [2.24, 2.45) is 0 Å². The highest BCUT2D eigenvalue weighted by atomic mass is 16.6. The van der Waals surface area contributed by atoms with Crippen LogP contribution in [0.2, 0.25) is 0 Å². The van der Waals surface area contributed by atoms with E-state index in [9.17, 15) is 15.0 Å². The van der Waals surface area contributed by atoms with Crippen LogP contribution in [0.25, 0.3) is 0 Å². The molecule has 0 saturated carbocycles. The summed E-state index contributed by atoms with van der Waals surface area (Å²) in [4.78, 5) is 14.4. The second-order valence-corrected chi connectivity index (χ2v) is 15.9. The van der Waals surface area contributed by atoms with E-state index in [0.717, 1.165) is 90.3 Å². The van der Waals surface area contributed by atoms with Crippen molar-refractivity contribution < 1.29 is 24.5 Å². The van der Waals surface area contributed by atoms with E-state index in [0.29, 0.717) is 13.0 Å². The minimum atomic E-state index is -0.620. The van der Waals surface area contributed by atoms with Gasteiger partial charge in [0.1, 0.15) is 0 Å². The lowest BCUT2D eigenvalue weighted by molar-refractivity contribution is -0.144. The summed E-state index contributed by atoms with van der Waals surface area (Å²) in [5.41, 5.74) is 0. The fourth-order valence-electron chi connectivity index (χ4n) is 7.18. The highest BCUT2D eigenvalue weighted by Crippen LogP contribution is 2.20. The average molecular weight is 726 g/mol. The Hall–Kier alpha value is -0.690. The van der Waals surface area contributed by atoms with Crippen molar-refractivity contribution in [1.29, 1.82) is 0 Å². The van der Waals surface area contributed by atoms with Gasteiger partial charge in [-0.1, -0.05) is 175 Å². The number of unbranched alkanes of at least 4 members (excludes halogenated alkanes) is 24. The van der Waals surface area contributed by atoms with Crippen LogP contribution >= 0.6 is 0 Å². The maximum Gasteiger partial charge on any atom is 0.305 e. The fraction of sp³-hybridized carbons (Fsp3) is 0.978. The van der Waals surface area contributed by atoms with Crippen LogP contribution in [0.3, 0.4) is 0 Å². The molecule has 51 heavy (non-hydrogen) atoms.